The molecule has 0 unspecified atom stereocenters. The number of hydrogen-bond donors (Lipinski definition) is 2. The van der Waals surface area contributed by atoms with Gasteiger partial charge >= 0.3 is 0 Å². The number of aliphatic hydroxyl groups is 1. The van der Waals surface area contributed by atoms with Crippen LogP contribution < -0.4 is 5.32 Å². The molecule has 1 aromatic carbocycles. The zero-order chi connectivity index (χ0) is 24.5. The van der Waals surface area contributed by atoms with E-state index in [0.717, 1.165) is 50.0 Å². The molecule has 0 radical (unpaired) electrons. The molecule has 2 heterocycles. The van der Waals surface area contributed by atoms with E-state index in [1.807, 2.05) is 0 Å². The van der Waals surface area contributed by atoms with Gasteiger partial charge < -0.3 is 10.4 Å². The molecule has 1 aromatic heterocycles. The fraction of sp³-hybridized carbons (Fsp3) is 0.600. The summed E-state index contributed by atoms with van der Waals surface area (Å²) in [6.45, 7) is 7.95. The van der Waals surface area contributed by atoms with Crippen molar-refractivity contribution < 1.29 is 18.3 Å². The van der Waals surface area contributed by atoms with Gasteiger partial charge in [0.2, 0.25) is 5.91 Å². The van der Waals surface area contributed by atoms with Gasteiger partial charge in [0.25, 0.3) is 0 Å². The number of carbonyl (C=O) groups excluding carboxylic acids is 1. The van der Waals surface area contributed by atoms with E-state index in [2.05, 4.69) is 24.1 Å². The highest BCUT2D eigenvalue weighted by Crippen LogP contribution is 2.43. The normalized spacial score (nSPS) is 23.3. The number of thiazole rings is 1. The third-order valence-corrected chi connectivity index (χ3v) is 9.68. The summed E-state index contributed by atoms with van der Waals surface area (Å²) in [5.41, 5.74) is 1.85. The molecule has 7 nitrogen and oxygen atoms in total. The molecule has 1 saturated carbocycles. The Morgan fingerprint density at radius 2 is 1.88 bits per heavy atom. The number of aliphatic hydroxyl groups excluding tert-OH is 1. The van der Waals surface area contributed by atoms with Crippen LogP contribution in [-0.4, -0.2) is 47.7 Å². The average molecular weight is 506 g/mol. The molecule has 1 fully saturated rings. The topological polar surface area (TPSA) is 99.6 Å². The molecule has 0 saturated heterocycles. The number of hydrogen-bond acceptors (Lipinski definition) is 7. The first-order chi connectivity index (χ1) is 16.2. The monoisotopic (exact) mass is 505 g/mol. The fourth-order valence-electron chi connectivity index (χ4n) is 5.12. The summed E-state index contributed by atoms with van der Waals surface area (Å²) < 4.78 is 23.9. The quantitative estimate of drug-likeness (QED) is 0.558. The summed E-state index contributed by atoms with van der Waals surface area (Å²) in [5, 5.41) is 13.4. The molecule has 2 N–H and O–H groups in total. The Morgan fingerprint density at radius 3 is 2.50 bits per heavy atom. The van der Waals surface area contributed by atoms with Crippen molar-refractivity contribution in [1.29, 1.82) is 0 Å². The zero-order valence-corrected chi connectivity index (χ0v) is 21.8. The highest BCUT2D eigenvalue weighted by atomic mass is 32.2. The summed E-state index contributed by atoms with van der Waals surface area (Å²) in [4.78, 5) is 21.5. The molecule has 4 rings (SSSR count). The van der Waals surface area contributed by atoms with Crippen LogP contribution in [0, 0.1) is 11.8 Å². The van der Waals surface area contributed by atoms with Crippen LogP contribution in [0.25, 0.3) is 0 Å². The lowest BCUT2D eigenvalue weighted by molar-refractivity contribution is -0.115. The van der Waals surface area contributed by atoms with Gasteiger partial charge in [-0.1, -0.05) is 32.9 Å². The number of amides is 1. The van der Waals surface area contributed by atoms with Gasteiger partial charge in [-0.2, -0.15) is 0 Å². The average Bonchev–Trinajstić information content (AvgIpc) is 3.31. The maximum atomic E-state index is 12.6. The van der Waals surface area contributed by atoms with Gasteiger partial charge in [0, 0.05) is 18.0 Å². The molecule has 34 heavy (non-hydrogen) atoms. The number of sulfone groups is 1. The summed E-state index contributed by atoms with van der Waals surface area (Å²) >= 11 is 1.55. The number of benzene rings is 1. The molecule has 1 atom stereocenters. The Labute approximate surface area is 206 Å². The summed E-state index contributed by atoms with van der Waals surface area (Å²) in [6, 6.07) is 6.77. The zero-order valence-electron chi connectivity index (χ0n) is 20.2. The minimum absolute atomic E-state index is 0.0557. The lowest BCUT2D eigenvalue weighted by Gasteiger charge is -2.33. The van der Waals surface area contributed by atoms with Crippen molar-refractivity contribution in [2.75, 3.05) is 17.6 Å². The first-order valence-corrected chi connectivity index (χ1v) is 14.7. The number of nitrogens with one attached hydrogen (secondary N) is 1. The van der Waals surface area contributed by atoms with Gasteiger partial charge in [0.15, 0.2) is 15.0 Å². The van der Waals surface area contributed by atoms with Crippen molar-refractivity contribution in [3.05, 3.63) is 40.4 Å². The highest BCUT2D eigenvalue weighted by Gasteiger charge is 2.37. The van der Waals surface area contributed by atoms with E-state index >= 15 is 0 Å². The summed E-state index contributed by atoms with van der Waals surface area (Å²) in [5.74, 6) is 0.938. The molecule has 0 spiro atoms. The Hall–Kier alpha value is -1.81. The molecule has 186 valence electrons. The lowest BCUT2D eigenvalue weighted by atomic mass is 9.86. The van der Waals surface area contributed by atoms with Crippen molar-refractivity contribution in [2.24, 2.45) is 11.8 Å². The van der Waals surface area contributed by atoms with Gasteiger partial charge in [-0.15, -0.1) is 11.3 Å². The molecular weight excluding hydrogens is 470 g/mol. The minimum atomic E-state index is -3.24. The van der Waals surface area contributed by atoms with E-state index in [-0.39, 0.29) is 35.1 Å². The largest absolute Gasteiger partial charge is 0.393 e. The fourth-order valence-corrected chi connectivity index (χ4v) is 7.05. The van der Waals surface area contributed by atoms with Gasteiger partial charge in [-0.3, -0.25) is 9.69 Å². The van der Waals surface area contributed by atoms with Crippen molar-refractivity contribution in [2.45, 2.75) is 76.5 Å². The second-order valence-electron chi connectivity index (χ2n) is 9.89. The Balaban J connectivity index is 1.37. The number of fused-ring (bicyclic) bond motifs is 1. The van der Waals surface area contributed by atoms with Crippen molar-refractivity contribution in [3.63, 3.8) is 0 Å². The number of aromatic nitrogens is 1. The SMILES string of the molecule is CCS(=O)(=O)c1ccc(CC(=O)Nc2nc3c(s2)CN(C[C@H]2CC[C@H](O)CC2)[C@H]3C(C)C)cc1. The molecule has 2 aliphatic rings. The maximum absolute atomic E-state index is 12.6. The maximum Gasteiger partial charge on any atom is 0.230 e. The smallest absolute Gasteiger partial charge is 0.230 e. The van der Waals surface area contributed by atoms with Crippen LogP contribution in [0.4, 0.5) is 5.13 Å². The first-order valence-electron chi connectivity index (χ1n) is 12.2. The number of nitrogens with zero attached hydrogens (tertiary/aromatic N) is 2. The molecular formula is C25H35N3O4S2. The number of anilines is 1. The molecule has 1 aliphatic carbocycles. The van der Waals surface area contributed by atoms with E-state index in [0.29, 0.717) is 17.0 Å². The van der Waals surface area contributed by atoms with Crippen molar-refractivity contribution >= 4 is 32.2 Å². The third kappa shape index (κ3) is 5.70. The van der Waals surface area contributed by atoms with Crippen LogP contribution in [0.15, 0.2) is 29.2 Å². The Kier molecular flexibility index (Phi) is 7.76. The third-order valence-electron chi connectivity index (χ3n) is 6.96. The van der Waals surface area contributed by atoms with E-state index < -0.39 is 9.84 Å². The van der Waals surface area contributed by atoms with Crippen LogP contribution in [-0.2, 0) is 27.6 Å². The van der Waals surface area contributed by atoms with Crippen molar-refractivity contribution in [3.8, 4) is 0 Å². The van der Waals surface area contributed by atoms with E-state index in [9.17, 15) is 18.3 Å². The number of rotatable bonds is 8. The van der Waals surface area contributed by atoms with Crippen LogP contribution in [0.1, 0.15) is 68.6 Å². The number of carbonyl (C=O) groups is 1. The molecule has 0 bridgehead atoms. The molecule has 9 heteroatoms. The van der Waals surface area contributed by atoms with Gasteiger partial charge in [0.05, 0.1) is 34.9 Å². The van der Waals surface area contributed by atoms with E-state index in [1.165, 1.54) is 4.88 Å². The van der Waals surface area contributed by atoms with Gasteiger partial charge in [-0.25, -0.2) is 13.4 Å². The summed E-state index contributed by atoms with van der Waals surface area (Å²) in [7, 11) is -3.24. The predicted octanol–water partition coefficient (Wildman–Crippen LogP) is 4.18. The van der Waals surface area contributed by atoms with Crippen LogP contribution in [0.2, 0.25) is 0 Å². The van der Waals surface area contributed by atoms with Gasteiger partial charge in [-0.05, 0) is 55.2 Å². The van der Waals surface area contributed by atoms with E-state index in [4.69, 9.17) is 4.98 Å². The first kappa shape index (κ1) is 25.3. The van der Waals surface area contributed by atoms with E-state index in [1.54, 1.807) is 42.5 Å². The molecule has 2 aromatic rings. The molecule has 1 amide bonds. The highest BCUT2D eigenvalue weighted by molar-refractivity contribution is 7.91. The van der Waals surface area contributed by atoms with Crippen molar-refractivity contribution in [1.82, 2.24) is 9.88 Å². The summed E-state index contributed by atoms with van der Waals surface area (Å²) in [6.07, 6.45) is 4.00. The van der Waals surface area contributed by atoms with Crippen LogP contribution in [0.5, 0.6) is 0 Å². The molecule has 1 aliphatic heterocycles. The predicted molar refractivity (Wildman–Crippen MR) is 135 cm³/mol. The standard InChI is InChI=1S/C25H35N3O4S2/c1-4-34(31,32)20-11-7-17(8-12-20)13-22(30)26-25-27-23-21(33-25)15-28(24(23)16(2)3)14-18-5-9-19(29)10-6-18/h7-8,11-12,16,18-19,24,29H,4-6,9-10,13-15H2,1-3H3,(H,26,27,30)/t18-,19-,24-/m0/s1. The minimum Gasteiger partial charge on any atom is -0.393 e. The van der Waals surface area contributed by atoms with Crippen LogP contribution in [0.3, 0.4) is 0 Å². The lowest BCUT2D eigenvalue weighted by Crippen LogP contribution is -2.33. The Bertz CT molecular complexity index is 1100. The van der Waals surface area contributed by atoms with Crippen LogP contribution >= 0.6 is 11.3 Å². The Morgan fingerprint density at radius 1 is 1.21 bits per heavy atom. The second kappa shape index (κ2) is 10.4. The van der Waals surface area contributed by atoms with Gasteiger partial charge in [0.1, 0.15) is 0 Å². The second-order valence-corrected chi connectivity index (χ2v) is 13.3.